The standard InChI is InChI=1S/C18H22N4O3/c1-4-25-14-9-7-13(8-10-14)21-17-15(6-5-11-19-17)18(24)20-12-16(23)22(2)3/h5-11H,4,12H2,1-3H3,(H,19,21)(H,20,24). The van der Waals surface area contributed by atoms with E-state index in [1.54, 1.807) is 32.4 Å². The van der Waals surface area contributed by atoms with Gasteiger partial charge in [-0.3, -0.25) is 9.59 Å². The zero-order valence-electron chi connectivity index (χ0n) is 14.6. The molecule has 7 heteroatoms. The largest absolute Gasteiger partial charge is 0.494 e. The van der Waals surface area contributed by atoms with E-state index in [1.807, 2.05) is 31.2 Å². The Bertz CT molecular complexity index is 729. The van der Waals surface area contributed by atoms with Crippen molar-refractivity contribution < 1.29 is 14.3 Å². The zero-order chi connectivity index (χ0) is 18.2. The lowest BCUT2D eigenvalue weighted by Crippen LogP contribution is -2.36. The molecule has 2 rings (SSSR count). The minimum atomic E-state index is -0.364. The van der Waals surface area contributed by atoms with Crippen molar-refractivity contribution in [1.29, 1.82) is 0 Å². The van der Waals surface area contributed by atoms with Crippen LogP contribution in [0, 0.1) is 0 Å². The highest BCUT2D eigenvalue weighted by Gasteiger charge is 2.14. The molecule has 0 aliphatic rings. The van der Waals surface area contributed by atoms with Crippen LogP contribution in [0.5, 0.6) is 5.75 Å². The van der Waals surface area contributed by atoms with E-state index in [9.17, 15) is 9.59 Å². The van der Waals surface area contributed by atoms with Crippen molar-refractivity contribution in [1.82, 2.24) is 15.2 Å². The van der Waals surface area contributed by atoms with Gasteiger partial charge in [-0.15, -0.1) is 0 Å². The first kappa shape index (κ1) is 18.3. The van der Waals surface area contributed by atoms with Crippen LogP contribution in [0.1, 0.15) is 17.3 Å². The third kappa shape index (κ3) is 5.20. The molecule has 0 atom stereocenters. The minimum Gasteiger partial charge on any atom is -0.494 e. The molecule has 0 bridgehead atoms. The van der Waals surface area contributed by atoms with Crippen molar-refractivity contribution in [2.45, 2.75) is 6.92 Å². The number of anilines is 2. The summed E-state index contributed by atoms with van der Waals surface area (Å²) in [6.45, 7) is 2.46. The van der Waals surface area contributed by atoms with Crippen LogP contribution < -0.4 is 15.4 Å². The topological polar surface area (TPSA) is 83.6 Å². The monoisotopic (exact) mass is 342 g/mol. The van der Waals surface area contributed by atoms with E-state index in [2.05, 4.69) is 15.6 Å². The number of likely N-dealkylation sites (N-methyl/N-ethyl adjacent to an activating group) is 1. The maximum Gasteiger partial charge on any atom is 0.255 e. The second-order valence-electron chi connectivity index (χ2n) is 5.45. The summed E-state index contributed by atoms with van der Waals surface area (Å²) in [5, 5.41) is 5.71. The molecule has 0 aliphatic heterocycles. The molecule has 0 unspecified atom stereocenters. The van der Waals surface area contributed by atoms with Gasteiger partial charge < -0.3 is 20.3 Å². The van der Waals surface area contributed by atoms with Crippen LogP contribution in [0.3, 0.4) is 0 Å². The molecule has 2 aromatic rings. The molecule has 132 valence electrons. The fourth-order valence-corrected chi connectivity index (χ4v) is 2.04. The Morgan fingerprint density at radius 2 is 1.88 bits per heavy atom. The number of benzene rings is 1. The van der Waals surface area contributed by atoms with Gasteiger partial charge in [-0.2, -0.15) is 0 Å². The van der Waals surface area contributed by atoms with Gasteiger partial charge in [0, 0.05) is 26.0 Å². The van der Waals surface area contributed by atoms with Crippen LogP contribution in [0.25, 0.3) is 0 Å². The van der Waals surface area contributed by atoms with Gasteiger partial charge in [0.25, 0.3) is 5.91 Å². The third-order valence-corrected chi connectivity index (χ3v) is 3.38. The summed E-state index contributed by atoms with van der Waals surface area (Å²) in [7, 11) is 3.27. The van der Waals surface area contributed by atoms with Gasteiger partial charge in [0.2, 0.25) is 5.91 Å². The van der Waals surface area contributed by atoms with Crippen LogP contribution in [0.4, 0.5) is 11.5 Å². The van der Waals surface area contributed by atoms with E-state index >= 15 is 0 Å². The molecule has 1 aromatic heterocycles. The summed E-state index contributed by atoms with van der Waals surface area (Å²) in [6, 6.07) is 10.7. The van der Waals surface area contributed by atoms with Crippen molar-refractivity contribution in [3.05, 3.63) is 48.2 Å². The summed E-state index contributed by atoms with van der Waals surface area (Å²) >= 11 is 0. The van der Waals surface area contributed by atoms with Crippen molar-refractivity contribution in [3.8, 4) is 5.75 Å². The van der Waals surface area contributed by atoms with Crippen LogP contribution in [-0.4, -0.2) is 48.9 Å². The predicted molar refractivity (Wildman–Crippen MR) is 96.2 cm³/mol. The van der Waals surface area contributed by atoms with Gasteiger partial charge in [-0.25, -0.2) is 4.98 Å². The molecule has 0 aliphatic carbocycles. The molecule has 0 fully saturated rings. The first-order valence-electron chi connectivity index (χ1n) is 7.94. The highest BCUT2D eigenvalue weighted by molar-refractivity contribution is 6.00. The van der Waals surface area contributed by atoms with Crippen LogP contribution in [0.2, 0.25) is 0 Å². The van der Waals surface area contributed by atoms with E-state index < -0.39 is 0 Å². The highest BCUT2D eigenvalue weighted by atomic mass is 16.5. The molecule has 0 saturated heterocycles. The fraction of sp³-hybridized carbons (Fsp3) is 0.278. The Hall–Kier alpha value is -3.09. The van der Waals surface area contributed by atoms with E-state index in [0.29, 0.717) is 18.0 Å². The fourth-order valence-electron chi connectivity index (χ4n) is 2.04. The summed E-state index contributed by atoms with van der Waals surface area (Å²) in [4.78, 5) is 29.6. The molecule has 7 nitrogen and oxygen atoms in total. The normalized spacial score (nSPS) is 10.0. The molecular weight excluding hydrogens is 320 g/mol. The van der Waals surface area contributed by atoms with Gasteiger partial charge in [-0.05, 0) is 43.3 Å². The Morgan fingerprint density at radius 1 is 1.16 bits per heavy atom. The number of rotatable bonds is 7. The molecule has 0 radical (unpaired) electrons. The van der Waals surface area contributed by atoms with Crippen LogP contribution in [0.15, 0.2) is 42.6 Å². The molecule has 0 spiro atoms. The number of nitrogens with one attached hydrogen (secondary N) is 2. The maximum atomic E-state index is 12.3. The number of aromatic nitrogens is 1. The molecule has 1 heterocycles. The lowest BCUT2D eigenvalue weighted by Gasteiger charge is -2.13. The lowest BCUT2D eigenvalue weighted by atomic mass is 10.2. The zero-order valence-corrected chi connectivity index (χ0v) is 14.6. The molecule has 0 saturated carbocycles. The molecule has 25 heavy (non-hydrogen) atoms. The Morgan fingerprint density at radius 3 is 2.52 bits per heavy atom. The van der Waals surface area contributed by atoms with Gasteiger partial charge in [0.15, 0.2) is 0 Å². The molecule has 2 N–H and O–H groups in total. The Labute approximate surface area is 147 Å². The van der Waals surface area contributed by atoms with E-state index in [-0.39, 0.29) is 18.4 Å². The number of hydrogen-bond donors (Lipinski definition) is 2. The van der Waals surface area contributed by atoms with E-state index in [1.165, 1.54) is 4.90 Å². The summed E-state index contributed by atoms with van der Waals surface area (Å²) in [6.07, 6.45) is 1.60. The third-order valence-electron chi connectivity index (χ3n) is 3.38. The number of carbonyl (C=O) groups excluding carboxylic acids is 2. The first-order valence-corrected chi connectivity index (χ1v) is 7.94. The number of hydrogen-bond acceptors (Lipinski definition) is 5. The number of carbonyl (C=O) groups is 2. The quantitative estimate of drug-likeness (QED) is 0.804. The second kappa shape index (κ2) is 8.68. The minimum absolute atomic E-state index is 0.0662. The number of nitrogens with zero attached hydrogens (tertiary/aromatic N) is 2. The number of pyridine rings is 1. The lowest BCUT2D eigenvalue weighted by molar-refractivity contribution is -0.127. The average Bonchev–Trinajstić information content (AvgIpc) is 2.61. The summed E-state index contributed by atoms with van der Waals surface area (Å²) in [5.74, 6) is 0.644. The Kier molecular flexibility index (Phi) is 6.33. The SMILES string of the molecule is CCOc1ccc(Nc2ncccc2C(=O)NCC(=O)N(C)C)cc1. The van der Waals surface area contributed by atoms with Crippen LogP contribution >= 0.6 is 0 Å². The van der Waals surface area contributed by atoms with Crippen molar-refractivity contribution in [2.75, 3.05) is 32.6 Å². The van der Waals surface area contributed by atoms with E-state index in [4.69, 9.17) is 4.74 Å². The van der Waals surface area contributed by atoms with Gasteiger partial charge in [-0.1, -0.05) is 0 Å². The van der Waals surface area contributed by atoms with Crippen molar-refractivity contribution in [3.63, 3.8) is 0 Å². The average molecular weight is 342 g/mol. The number of amides is 2. The number of ether oxygens (including phenoxy) is 1. The van der Waals surface area contributed by atoms with Crippen molar-refractivity contribution in [2.24, 2.45) is 0 Å². The summed E-state index contributed by atoms with van der Waals surface area (Å²) in [5.41, 5.74) is 1.14. The second-order valence-corrected chi connectivity index (χ2v) is 5.45. The summed E-state index contributed by atoms with van der Waals surface area (Å²) < 4.78 is 5.40. The van der Waals surface area contributed by atoms with Crippen LogP contribution in [-0.2, 0) is 4.79 Å². The highest BCUT2D eigenvalue weighted by Crippen LogP contribution is 2.21. The van der Waals surface area contributed by atoms with Gasteiger partial charge in [0.1, 0.15) is 11.6 Å². The first-order chi connectivity index (χ1) is 12.0. The maximum absolute atomic E-state index is 12.3. The Balaban J connectivity index is 2.09. The molecule has 1 aromatic carbocycles. The molecule has 2 amide bonds. The molecular formula is C18H22N4O3. The predicted octanol–water partition coefficient (Wildman–Crippen LogP) is 2.04. The van der Waals surface area contributed by atoms with Gasteiger partial charge >= 0.3 is 0 Å². The van der Waals surface area contributed by atoms with Gasteiger partial charge in [0.05, 0.1) is 18.7 Å². The van der Waals surface area contributed by atoms with Crippen molar-refractivity contribution >= 4 is 23.3 Å². The van der Waals surface area contributed by atoms with E-state index in [0.717, 1.165) is 11.4 Å². The smallest absolute Gasteiger partial charge is 0.255 e.